The molecule has 1 heterocycles. The van der Waals surface area contributed by atoms with Crippen molar-refractivity contribution in [3.05, 3.63) is 64.7 Å². The fourth-order valence-corrected chi connectivity index (χ4v) is 2.00. The molecule has 0 radical (unpaired) electrons. The quantitative estimate of drug-likeness (QED) is 0.901. The summed E-state index contributed by atoms with van der Waals surface area (Å²) in [5.74, 6) is -0.326. The van der Waals surface area contributed by atoms with Gasteiger partial charge in [0, 0.05) is 18.3 Å². The van der Waals surface area contributed by atoms with Gasteiger partial charge in [0.05, 0.1) is 6.10 Å². The van der Waals surface area contributed by atoms with Gasteiger partial charge in [-0.3, -0.25) is 4.98 Å². The minimum Gasteiger partial charge on any atom is -0.388 e. The van der Waals surface area contributed by atoms with Crippen LogP contribution in [0.4, 0.5) is 4.39 Å². The highest BCUT2D eigenvalue weighted by Crippen LogP contribution is 2.22. The van der Waals surface area contributed by atoms with E-state index in [0.717, 1.165) is 16.8 Å². The minimum absolute atomic E-state index is 0.326. The molecular weight excluding hydrogens is 229 g/mol. The highest BCUT2D eigenvalue weighted by molar-refractivity contribution is 5.30. The summed E-state index contributed by atoms with van der Waals surface area (Å²) in [5.41, 5.74) is 3.39. The molecule has 1 aromatic heterocycles. The minimum atomic E-state index is -0.728. The molecule has 0 amide bonds. The standard InChI is InChI=1S/C15H16FNO/c1-10-5-6-12(16)8-13(10)15(18)9-14-11(2)4-3-7-17-14/h3-8,15,18H,9H2,1-2H3. The number of hydrogen-bond donors (Lipinski definition) is 1. The van der Waals surface area contributed by atoms with Crippen LogP contribution in [-0.4, -0.2) is 10.1 Å². The van der Waals surface area contributed by atoms with Crippen molar-refractivity contribution in [1.29, 1.82) is 0 Å². The van der Waals surface area contributed by atoms with E-state index in [9.17, 15) is 9.50 Å². The Morgan fingerprint density at radius 2 is 2.00 bits per heavy atom. The van der Waals surface area contributed by atoms with Crippen molar-refractivity contribution in [1.82, 2.24) is 4.98 Å². The number of aliphatic hydroxyl groups excluding tert-OH is 1. The number of halogens is 1. The zero-order valence-corrected chi connectivity index (χ0v) is 10.5. The van der Waals surface area contributed by atoms with E-state index in [1.54, 1.807) is 12.3 Å². The van der Waals surface area contributed by atoms with Crippen LogP contribution in [0.15, 0.2) is 36.5 Å². The molecular formula is C15H16FNO. The van der Waals surface area contributed by atoms with Crippen LogP contribution in [0, 0.1) is 19.7 Å². The third-order valence-corrected chi connectivity index (χ3v) is 3.10. The predicted octanol–water partition coefficient (Wildman–Crippen LogP) is 3.11. The normalized spacial score (nSPS) is 12.4. The Hall–Kier alpha value is -1.74. The zero-order valence-electron chi connectivity index (χ0n) is 10.5. The molecule has 0 aliphatic rings. The van der Waals surface area contributed by atoms with Gasteiger partial charge in [0.25, 0.3) is 0 Å². The Bertz CT molecular complexity index is 554. The highest BCUT2D eigenvalue weighted by atomic mass is 19.1. The van der Waals surface area contributed by atoms with Crippen molar-refractivity contribution in [3.8, 4) is 0 Å². The Morgan fingerprint density at radius 3 is 2.72 bits per heavy atom. The first-order valence-electron chi connectivity index (χ1n) is 5.92. The van der Waals surface area contributed by atoms with Gasteiger partial charge in [-0.25, -0.2) is 4.39 Å². The lowest BCUT2D eigenvalue weighted by atomic mass is 9.98. The molecule has 0 aliphatic heterocycles. The number of benzene rings is 1. The van der Waals surface area contributed by atoms with Crippen molar-refractivity contribution >= 4 is 0 Å². The number of nitrogens with zero attached hydrogens (tertiary/aromatic N) is 1. The molecule has 3 heteroatoms. The average molecular weight is 245 g/mol. The number of aryl methyl sites for hydroxylation is 2. The summed E-state index contributed by atoms with van der Waals surface area (Å²) in [5, 5.41) is 10.2. The second-order valence-electron chi connectivity index (χ2n) is 4.49. The predicted molar refractivity (Wildman–Crippen MR) is 68.8 cm³/mol. The Morgan fingerprint density at radius 1 is 1.22 bits per heavy atom. The summed E-state index contributed by atoms with van der Waals surface area (Å²) in [6.45, 7) is 3.82. The molecule has 2 nitrogen and oxygen atoms in total. The zero-order chi connectivity index (χ0) is 13.1. The van der Waals surface area contributed by atoms with Crippen LogP contribution in [0.5, 0.6) is 0 Å². The van der Waals surface area contributed by atoms with Crippen LogP contribution >= 0.6 is 0 Å². The summed E-state index contributed by atoms with van der Waals surface area (Å²) >= 11 is 0. The van der Waals surface area contributed by atoms with E-state index in [4.69, 9.17) is 0 Å². The van der Waals surface area contributed by atoms with Crippen LogP contribution in [0.3, 0.4) is 0 Å². The molecule has 1 atom stereocenters. The molecule has 1 unspecified atom stereocenters. The van der Waals surface area contributed by atoms with Gasteiger partial charge in [-0.05, 0) is 48.7 Å². The molecule has 0 saturated heterocycles. The molecule has 1 N–H and O–H groups in total. The lowest BCUT2D eigenvalue weighted by Crippen LogP contribution is -2.07. The van der Waals surface area contributed by atoms with Crippen molar-refractivity contribution in [2.45, 2.75) is 26.4 Å². The summed E-state index contributed by atoms with van der Waals surface area (Å²) in [4.78, 5) is 4.24. The lowest BCUT2D eigenvalue weighted by Gasteiger charge is -2.14. The highest BCUT2D eigenvalue weighted by Gasteiger charge is 2.14. The number of pyridine rings is 1. The van der Waals surface area contributed by atoms with Crippen LogP contribution in [0.1, 0.15) is 28.5 Å². The first-order valence-corrected chi connectivity index (χ1v) is 5.92. The van der Waals surface area contributed by atoms with E-state index in [1.807, 2.05) is 26.0 Å². The first kappa shape index (κ1) is 12.7. The maximum absolute atomic E-state index is 13.2. The number of aliphatic hydroxyl groups is 1. The molecule has 0 aliphatic carbocycles. The fourth-order valence-electron chi connectivity index (χ4n) is 2.00. The summed E-state index contributed by atoms with van der Waals surface area (Å²) in [6, 6.07) is 8.28. The van der Waals surface area contributed by atoms with Gasteiger partial charge in [0.2, 0.25) is 0 Å². The largest absolute Gasteiger partial charge is 0.388 e. The Labute approximate surface area is 106 Å². The van der Waals surface area contributed by atoms with E-state index in [1.165, 1.54) is 12.1 Å². The number of rotatable bonds is 3. The van der Waals surface area contributed by atoms with E-state index in [2.05, 4.69) is 4.98 Å². The van der Waals surface area contributed by atoms with E-state index >= 15 is 0 Å². The topological polar surface area (TPSA) is 33.1 Å². The summed E-state index contributed by atoms with van der Waals surface area (Å²) in [7, 11) is 0. The lowest BCUT2D eigenvalue weighted by molar-refractivity contribution is 0.176. The van der Waals surface area contributed by atoms with E-state index in [-0.39, 0.29) is 5.82 Å². The third-order valence-electron chi connectivity index (χ3n) is 3.10. The van der Waals surface area contributed by atoms with Crippen LogP contribution in [0.25, 0.3) is 0 Å². The van der Waals surface area contributed by atoms with Gasteiger partial charge in [-0.2, -0.15) is 0 Å². The SMILES string of the molecule is Cc1ccc(F)cc1C(O)Cc1ncccc1C. The van der Waals surface area contributed by atoms with Gasteiger partial charge in [-0.15, -0.1) is 0 Å². The maximum Gasteiger partial charge on any atom is 0.123 e. The molecule has 2 rings (SSSR count). The molecule has 0 spiro atoms. The third kappa shape index (κ3) is 2.74. The van der Waals surface area contributed by atoms with Crippen LogP contribution < -0.4 is 0 Å². The molecule has 0 fully saturated rings. The Kier molecular flexibility index (Phi) is 3.72. The van der Waals surface area contributed by atoms with E-state index < -0.39 is 6.10 Å². The van der Waals surface area contributed by atoms with Crippen LogP contribution in [0.2, 0.25) is 0 Å². The maximum atomic E-state index is 13.2. The molecule has 18 heavy (non-hydrogen) atoms. The summed E-state index contributed by atoms with van der Waals surface area (Å²) in [6.07, 6.45) is 1.37. The Balaban J connectivity index is 2.25. The monoisotopic (exact) mass is 245 g/mol. The van der Waals surface area contributed by atoms with Crippen LogP contribution in [-0.2, 0) is 6.42 Å². The average Bonchev–Trinajstić information content (AvgIpc) is 2.35. The van der Waals surface area contributed by atoms with Crippen molar-refractivity contribution in [3.63, 3.8) is 0 Å². The van der Waals surface area contributed by atoms with E-state index in [0.29, 0.717) is 12.0 Å². The molecule has 2 aromatic rings. The summed E-state index contributed by atoms with van der Waals surface area (Å²) < 4.78 is 13.2. The smallest absolute Gasteiger partial charge is 0.123 e. The molecule has 0 saturated carbocycles. The number of hydrogen-bond acceptors (Lipinski definition) is 2. The van der Waals surface area contributed by atoms with Gasteiger partial charge < -0.3 is 5.11 Å². The molecule has 1 aromatic carbocycles. The van der Waals surface area contributed by atoms with Gasteiger partial charge in [0.15, 0.2) is 0 Å². The number of aromatic nitrogens is 1. The van der Waals surface area contributed by atoms with Crippen molar-refractivity contribution in [2.75, 3.05) is 0 Å². The van der Waals surface area contributed by atoms with Crippen molar-refractivity contribution < 1.29 is 9.50 Å². The molecule has 0 bridgehead atoms. The fraction of sp³-hybridized carbons (Fsp3) is 0.267. The van der Waals surface area contributed by atoms with Gasteiger partial charge >= 0.3 is 0 Å². The van der Waals surface area contributed by atoms with Gasteiger partial charge in [-0.1, -0.05) is 12.1 Å². The second-order valence-corrected chi connectivity index (χ2v) is 4.49. The van der Waals surface area contributed by atoms with Crippen molar-refractivity contribution in [2.24, 2.45) is 0 Å². The molecule has 94 valence electrons. The second kappa shape index (κ2) is 5.27. The van der Waals surface area contributed by atoms with Gasteiger partial charge in [0.1, 0.15) is 5.82 Å². The first-order chi connectivity index (χ1) is 8.58.